The van der Waals surface area contributed by atoms with Crippen LogP contribution in [0.1, 0.15) is 46.9 Å². The molecule has 1 aliphatic heterocycles. The predicted molar refractivity (Wildman–Crippen MR) is 98.3 cm³/mol. The number of rotatable bonds is 4. The van der Waals surface area contributed by atoms with Crippen molar-refractivity contribution in [3.05, 3.63) is 58.7 Å². The van der Waals surface area contributed by atoms with Gasteiger partial charge in [0, 0.05) is 11.1 Å². The lowest BCUT2D eigenvalue weighted by Gasteiger charge is -2.38. The summed E-state index contributed by atoms with van der Waals surface area (Å²) in [5.41, 5.74) is 2.56. The Bertz CT molecular complexity index is 912. The lowest BCUT2D eigenvalue weighted by atomic mass is 9.90. The fourth-order valence-corrected chi connectivity index (χ4v) is 3.55. The first-order chi connectivity index (χ1) is 12.3. The van der Waals surface area contributed by atoms with Gasteiger partial charge >= 0.3 is 0 Å². The molecule has 0 aliphatic carbocycles. The summed E-state index contributed by atoms with van der Waals surface area (Å²) in [6.45, 7) is 5.84. The number of carbonyl (C=O) groups is 1. The highest BCUT2D eigenvalue weighted by Gasteiger charge is 2.45. The lowest BCUT2D eigenvalue weighted by molar-refractivity contribution is 0.0520. The summed E-state index contributed by atoms with van der Waals surface area (Å²) in [6.07, 6.45) is 0. The highest BCUT2D eigenvalue weighted by atomic mass is 16.5. The Labute approximate surface area is 153 Å². The summed E-state index contributed by atoms with van der Waals surface area (Å²) in [6, 6.07) is 12.9. The van der Waals surface area contributed by atoms with Gasteiger partial charge in [0.1, 0.15) is 6.04 Å². The van der Waals surface area contributed by atoms with Gasteiger partial charge < -0.3 is 14.4 Å². The van der Waals surface area contributed by atoms with Crippen molar-refractivity contribution in [3.8, 4) is 17.6 Å². The third kappa shape index (κ3) is 2.59. The molecule has 1 unspecified atom stereocenters. The number of amides is 1. The highest BCUT2D eigenvalue weighted by Crippen LogP contribution is 2.44. The molecule has 0 bridgehead atoms. The van der Waals surface area contributed by atoms with E-state index in [0.717, 1.165) is 16.7 Å². The van der Waals surface area contributed by atoms with Crippen LogP contribution in [0, 0.1) is 18.3 Å². The fraction of sp³-hybridized carbons (Fsp3) is 0.333. The number of methoxy groups -OCH3 is 2. The van der Waals surface area contributed by atoms with E-state index in [1.807, 2.05) is 57.2 Å². The summed E-state index contributed by atoms with van der Waals surface area (Å²) in [4.78, 5) is 14.7. The molecule has 0 saturated carbocycles. The van der Waals surface area contributed by atoms with E-state index >= 15 is 0 Å². The standard InChI is InChI=1S/C21H22N2O3/c1-13-6-8-15-16(10-13)17(12-22)23(20(15)24)21(2,3)14-7-9-18(25-4)19(11-14)26-5/h6-11,17H,1-5H3. The first-order valence-corrected chi connectivity index (χ1v) is 8.41. The van der Waals surface area contributed by atoms with E-state index in [9.17, 15) is 10.1 Å². The van der Waals surface area contributed by atoms with Crippen molar-refractivity contribution in [1.29, 1.82) is 5.26 Å². The zero-order valence-electron chi connectivity index (χ0n) is 15.7. The molecule has 0 radical (unpaired) electrons. The van der Waals surface area contributed by atoms with Crippen molar-refractivity contribution in [3.63, 3.8) is 0 Å². The van der Waals surface area contributed by atoms with E-state index in [0.29, 0.717) is 17.1 Å². The first-order valence-electron chi connectivity index (χ1n) is 8.41. The van der Waals surface area contributed by atoms with Gasteiger partial charge in [0.25, 0.3) is 5.91 Å². The molecule has 3 rings (SSSR count). The third-order valence-electron chi connectivity index (χ3n) is 5.02. The summed E-state index contributed by atoms with van der Waals surface area (Å²) in [5, 5.41) is 9.80. The van der Waals surface area contributed by atoms with Gasteiger partial charge in [-0.25, -0.2) is 0 Å². The molecule has 1 amide bonds. The number of ether oxygens (including phenoxy) is 2. The third-order valence-corrected chi connectivity index (χ3v) is 5.02. The second-order valence-electron chi connectivity index (χ2n) is 6.93. The van der Waals surface area contributed by atoms with Crippen molar-refractivity contribution < 1.29 is 14.3 Å². The van der Waals surface area contributed by atoms with Crippen molar-refractivity contribution in [1.82, 2.24) is 4.90 Å². The quantitative estimate of drug-likeness (QED) is 0.837. The maximum atomic E-state index is 13.1. The van der Waals surface area contributed by atoms with Crippen LogP contribution in [0.25, 0.3) is 0 Å². The monoisotopic (exact) mass is 350 g/mol. The molecule has 2 aromatic carbocycles. The summed E-state index contributed by atoms with van der Waals surface area (Å²) < 4.78 is 10.7. The molecule has 1 aliphatic rings. The number of fused-ring (bicyclic) bond motifs is 1. The van der Waals surface area contributed by atoms with Crippen LogP contribution in [0.2, 0.25) is 0 Å². The average molecular weight is 350 g/mol. The summed E-state index contributed by atoms with van der Waals surface area (Å²) >= 11 is 0. The van der Waals surface area contributed by atoms with Crippen LogP contribution in [0.15, 0.2) is 36.4 Å². The number of nitriles is 1. The van der Waals surface area contributed by atoms with E-state index in [-0.39, 0.29) is 5.91 Å². The van der Waals surface area contributed by atoms with E-state index in [2.05, 4.69) is 6.07 Å². The molecule has 134 valence electrons. The van der Waals surface area contributed by atoms with Crippen LogP contribution >= 0.6 is 0 Å². The van der Waals surface area contributed by atoms with Gasteiger partial charge in [0.2, 0.25) is 0 Å². The minimum atomic E-state index is -0.704. The molecule has 5 nitrogen and oxygen atoms in total. The number of hydrogen-bond acceptors (Lipinski definition) is 4. The van der Waals surface area contributed by atoms with E-state index in [4.69, 9.17) is 9.47 Å². The first kappa shape index (κ1) is 17.8. The van der Waals surface area contributed by atoms with Crippen molar-refractivity contribution in [2.24, 2.45) is 0 Å². The lowest BCUT2D eigenvalue weighted by Crippen LogP contribution is -2.43. The van der Waals surface area contributed by atoms with Crippen LogP contribution in [0.4, 0.5) is 0 Å². The number of aryl methyl sites for hydroxylation is 1. The smallest absolute Gasteiger partial charge is 0.256 e. The van der Waals surface area contributed by atoms with Crippen LogP contribution in [0.5, 0.6) is 11.5 Å². The van der Waals surface area contributed by atoms with Crippen molar-refractivity contribution >= 4 is 5.91 Å². The molecule has 2 aromatic rings. The van der Waals surface area contributed by atoms with Crippen molar-refractivity contribution in [2.75, 3.05) is 14.2 Å². The number of benzene rings is 2. The van der Waals surface area contributed by atoms with Gasteiger partial charge in [-0.2, -0.15) is 5.26 Å². The number of hydrogen-bond donors (Lipinski definition) is 0. The molecule has 26 heavy (non-hydrogen) atoms. The molecular formula is C21H22N2O3. The summed E-state index contributed by atoms with van der Waals surface area (Å²) in [5.74, 6) is 1.08. The van der Waals surface area contributed by atoms with Gasteiger partial charge in [-0.15, -0.1) is 0 Å². The summed E-state index contributed by atoms with van der Waals surface area (Å²) in [7, 11) is 3.16. The fourth-order valence-electron chi connectivity index (χ4n) is 3.55. The molecule has 0 aromatic heterocycles. The Kier molecular flexibility index (Phi) is 4.37. The molecule has 1 atom stereocenters. The van der Waals surface area contributed by atoms with Crippen LogP contribution < -0.4 is 9.47 Å². The molecule has 1 heterocycles. The number of carbonyl (C=O) groups excluding carboxylic acids is 1. The Morgan fingerprint density at radius 3 is 2.38 bits per heavy atom. The molecular weight excluding hydrogens is 328 g/mol. The number of nitrogens with zero attached hydrogens (tertiary/aromatic N) is 2. The molecule has 0 N–H and O–H groups in total. The topological polar surface area (TPSA) is 62.6 Å². The normalized spacial score (nSPS) is 16.2. The van der Waals surface area contributed by atoms with Crippen LogP contribution in [-0.2, 0) is 5.54 Å². The van der Waals surface area contributed by atoms with Gasteiger partial charge in [0.05, 0.1) is 25.8 Å². The Hall–Kier alpha value is -3.00. The van der Waals surface area contributed by atoms with Crippen molar-refractivity contribution in [2.45, 2.75) is 32.4 Å². The van der Waals surface area contributed by atoms with E-state index in [1.54, 1.807) is 19.1 Å². The molecule has 5 heteroatoms. The van der Waals surface area contributed by atoms with Gasteiger partial charge in [-0.1, -0.05) is 23.8 Å². The Balaban J connectivity index is 2.10. The Morgan fingerprint density at radius 2 is 1.77 bits per heavy atom. The SMILES string of the molecule is COc1ccc(C(C)(C)N2C(=O)c3ccc(C)cc3C2C#N)cc1OC. The highest BCUT2D eigenvalue weighted by molar-refractivity contribution is 6.00. The van der Waals surface area contributed by atoms with Crippen LogP contribution in [-0.4, -0.2) is 25.0 Å². The van der Waals surface area contributed by atoms with Crippen LogP contribution in [0.3, 0.4) is 0 Å². The largest absolute Gasteiger partial charge is 0.493 e. The zero-order valence-corrected chi connectivity index (χ0v) is 15.7. The maximum absolute atomic E-state index is 13.1. The minimum Gasteiger partial charge on any atom is -0.493 e. The second kappa shape index (κ2) is 6.38. The molecule has 0 saturated heterocycles. The molecule has 0 spiro atoms. The van der Waals surface area contributed by atoms with Gasteiger partial charge in [0.15, 0.2) is 11.5 Å². The zero-order chi connectivity index (χ0) is 19.1. The Morgan fingerprint density at radius 1 is 1.08 bits per heavy atom. The van der Waals surface area contributed by atoms with E-state index in [1.165, 1.54) is 0 Å². The van der Waals surface area contributed by atoms with Gasteiger partial charge in [-0.05, 0) is 44.5 Å². The average Bonchev–Trinajstić information content (AvgIpc) is 2.92. The van der Waals surface area contributed by atoms with Gasteiger partial charge in [-0.3, -0.25) is 4.79 Å². The maximum Gasteiger partial charge on any atom is 0.256 e. The second-order valence-corrected chi connectivity index (χ2v) is 6.93. The van der Waals surface area contributed by atoms with E-state index < -0.39 is 11.6 Å². The minimum absolute atomic E-state index is 0.133. The molecule has 0 fully saturated rings. The predicted octanol–water partition coefficient (Wildman–Crippen LogP) is 3.97.